The molecule has 0 radical (unpaired) electrons. The summed E-state index contributed by atoms with van der Waals surface area (Å²) in [4.78, 5) is 35.4. The van der Waals surface area contributed by atoms with Crippen molar-refractivity contribution in [3.63, 3.8) is 0 Å². The molecule has 1 amide bonds. The van der Waals surface area contributed by atoms with Crippen LogP contribution in [0.3, 0.4) is 0 Å². The average Bonchev–Trinajstić information content (AvgIpc) is 3.33. The molecule has 0 saturated carbocycles. The van der Waals surface area contributed by atoms with Gasteiger partial charge in [0.15, 0.2) is 4.96 Å². The van der Waals surface area contributed by atoms with E-state index in [1.807, 2.05) is 5.38 Å². The molecule has 8 nitrogen and oxygen atoms in total. The number of thiazole rings is 1. The number of benzene rings is 2. The van der Waals surface area contributed by atoms with Gasteiger partial charge in [0, 0.05) is 49.0 Å². The largest absolute Gasteiger partial charge is 0.497 e. The summed E-state index contributed by atoms with van der Waals surface area (Å²) in [6.45, 7) is 2.05. The molecule has 10 heteroatoms. The Bertz CT molecular complexity index is 1440. The third-order valence-corrected chi connectivity index (χ3v) is 6.96. The van der Waals surface area contributed by atoms with Crippen LogP contribution in [0, 0.1) is 5.82 Å². The van der Waals surface area contributed by atoms with E-state index in [0.717, 1.165) is 5.69 Å². The van der Waals surface area contributed by atoms with Crippen molar-refractivity contribution in [3.8, 4) is 22.8 Å². The molecule has 1 aliphatic rings. The smallest absolute Gasteiger partial charge is 0.271 e. The summed E-state index contributed by atoms with van der Waals surface area (Å²) in [6, 6.07) is 11.6. The van der Waals surface area contributed by atoms with Crippen LogP contribution >= 0.6 is 11.3 Å². The monoisotopic (exact) mass is 494 g/mol. The Kier molecular flexibility index (Phi) is 6.12. The first-order valence-electron chi connectivity index (χ1n) is 11.0. The van der Waals surface area contributed by atoms with Crippen molar-refractivity contribution >= 4 is 27.9 Å². The molecule has 0 aliphatic carbocycles. The maximum absolute atomic E-state index is 13.5. The van der Waals surface area contributed by atoms with E-state index in [-0.39, 0.29) is 17.3 Å². The van der Waals surface area contributed by atoms with Crippen molar-refractivity contribution < 1.29 is 18.7 Å². The zero-order valence-corrected chi connectivity index (χ0v) is 20.0. The van der Waals surface area contributed by atoms with Crippen molar-refractivity contribution in [2.24, 2.45) is 0 Å². The Morgan fingerprint density at radius 2 is 1.77 bits per heavy atom. The van der Waals surface area contributed by atoms with E-state index in [1.165, 1.54) is 34.1 Å². The van der Waals surface area contributed by atoms with Crippen LogP contribution in [0.25, 0.3) is 16.2 Å². The Labute approximate surface area is 204 Å². The van der Waals surface area contributed by atoms with Gasteiger partial charge in [0.1, 0.15) is 22.9 Å². The number of aromatic nitrogens is 2. The predicted molar refractivity (Wildman–Crippen MR) is 132 cm³/mol. The average molecular weight is 495 g/mol. The number of anilines is 1. The lowest BCUT2D eigenvalue weighted by Gasteiger charge is -2.36. The summed E-state index contributed by atoms with van der Waals surface area (Å²) in [5.74, 6) is 0.550. The first kappa shape index (κ1) is 22.9. The lowest BCUT2D eigenvalue weighted by atomic mass is 10.1. The van der Waals surface area contributed by atoms with Gasteiger partial charge >= 0.3 is 0 Å². The van der Waals surface area contributed by atoms with E-state index in [4.69, 9.17) is 9.47 Å². The molecule has 1 fully saturated rings. The quantitative estimate of drug-likeness (QED) is 0.423. The number of hydrogen-bond acceptors (Lipinski definition) is 7. The molecule has 0 atom stereocenters. The second-order valence-corrected chi connectivity index (χ2v) is 8.87. The van der Waals surface area contributed by atoms with Gasteiger partial charge in [0.25, 0.3) is 11.5 Å². The molecule has 0 N–H and O–H groups in total. The number of amides is 1. The normalized spacial score (nSPS) is 13.8. The molecule has 5 rings (SSSR count). The van der Waals surface area contributed by atoms with E-state index >= 15 is 0 Å². The highest BCUT2D eigenvalue weighted by molar-refractivity contribution is 7.15. The Morgan fingerprint density at radius 3 is 2.46 bits per heavy atom. The second-order valence-electron chi connectivity index (χ2n) is 8.04. The van der Waals surface area contributed by atoms with Crippen LogP contribution in [0.4, 0.5) is 10.1 Å². The summed E-state index contributed by atoms with van der Waals surface area (Å²) in [6.07, 6.45) is 1.36. The Hall–Kier alpha value is -3.92. The number of fused-ring (bicyclic) bond motifs is 1. The summed E-state index contributed by atoms with van der Waals surface area (Å²) >= 11 is 1.31. The summed E-state index contributed by atoms with van der Waals surface area (Å²) in [7, 11) is 3.12. The standard InChI is InChI=1S/C25H23FN4O4S/c1-33-18-7-8-22(34-2)19(13-18)21-15-35-25-27-14-20(24(32)30(21)25)23(31)29-11-9-28(10-12-29)17-5-3-16(26)4-6-17/h3-8,13-15H,9-12H2,1-2H3. The van der Waals surface area contributed by atoms with Crippen molar-refractivity contribution in [1.82, 2.24) is 14.3 Å². The van der Waals surface area contributed by atoms with Gasteiger partial charge in [-0.15, -0.1) is 11.3 Å². The van der Waals surface area contributed by atoms with E-state index < -0.39 is 5.56 Å². The highest BCUT2D eigenvalue weighted by Gasteiger charge is 2.26. The number of hydrogen-bond donors (Lipinski definition) is 0. The van der Waals surface area contributed by atoms with Gasteiger partial charge in [0.2, 0.25) is 0 Å². The van der Waals surface area contributed by atoms with Gasteiger partial charge in [-0.1, -0.05) is 0 Å². The van der Waals surface area contributed by atoms with E-state index in [1.54, 1.807) is 49.5 Å². The number of halogens is 1. The Morgan fingerprint density at radius 1 is 1.03 bits per heavy atom. The minimum atomic E-state index is -0.429. The minimum absolute atomic E-state index is 0.0132. The van der Waals surface area contributed by atoms with Crippen LogP contribution in [-0.4, -0.2) is 60.6 Å². The number of piperazine rings is 1. The molecule has 4 aromatic rings. The van der Waals surface area contributed by atoms with Crippen LogP contribution in [0.5, 0.6) is 11.5 Å². The highest BCUT2D eigenvalue weighted by Crippen LogP contribution is 2.35. The minimum Gasteiger partial charge on any atom is -0.497 e. The molecular weight excluding hydrogens is 471 g/mol. The van der Waals surface area contributed by atoms with Crippen molar-refractivity contribution in [3.05, 3.63) is 75.8 Å². The third kappa shape index (κ3) is 4.21. The van der Waals surface area contributed by atoms with Gasteiger partial charge in [0.05, 0.1) is 19.9 Å². The van der Waals surface area contributed by atoms with E-state index in [9.17, 15) is 14.0 Å². The van der Waals surface area contributed by atoms with Crippen LogP contribution in [0.15, 0.2) is 58.8 Å². The molecule has 180 valence electrons. The Balaban J connectivity index is 1.44. The highest BCUT2D eigenvalue weighted by atomic mass is 32.1. The third-order valence-electron chi connectivity index (χ3n) is 6.12. The molecule has 1 saturated heterocycles. The maximum Gasteiger partial charge on any atom is 0.271 e. The summed E-state index contributed by atoms with van der Waals surface area (Å²) < 4.78 is 25.5. The SMILES string of the molecule is COc1ccc(OC)c(-c2csc3ncc(C(=O)N4CCN(c5ccc(F)cc5)CC4)c(=O)n23)c1. The molecular formula is C25H23FN4O4S. The lowest BCUT2D eigenvalue weighted by molar-refractivity contribution is 0.0744. The van der Waals surface area contributed by atoms with E-state index in [0.29, 0.717) is 53.9 Å². The number of nitrogens with zero attached hydrogens (tertiary/aromatic N) is 4. The number of ether oxygens (including phenoxy) is 2. The zero-order chi connectivity index (χ0) is 24.5. The fourth-order valence-corrected chi connectivity index (χ4v) is 5.08. The molecule has 0 unspecified atom stereocenters. The van der Waals surface area contributed by atoms with Gasteiger partial charge in [-0.05, 0) is 42.5 Å². The fraction of sp³-hybridized carbons (Fsp3) is 0.240. The van der Waals surface area contributed by atoms with Crippen molar-refractivity contribution in [1.29, 1.82) is 0 Å². The first-order chi connectivity index (χ1) is 17.0. The molecule has 2 aromatic heterocycles. The van der Waals surface area contributed by atoms with Crippen LogP contribution in [0.1, 0.15) is 10.4 Å². The fourth-order valence-electron chi connectivity index (χ4n) is 4.23. The van der Waals surface area contributed by atoms with Gasteiger partial charge in [-0.2, -0.15) is 0 Å². The van der Waals surface area contributed by atoms with Crippen molar-refractivity contribution in [2.45, 2.75) is 0 Å². The summed E-state index contributed by atoms with van der Waals surface area (Å²) in [5.41, 5.74) is 1.73. The molecule has 1 aliphatic heterocycles. The van der Waals surface area contributed by atoms with Gasteiger partial charge in [-0.3, -0.25) is 14.0 Å². The van der Waals surface area contributed by atoms with Crippen LogP contribution < -0.4 is 19.9 Å². The maximum atomic E-state index is 13.5. The summed E-state index contributed by atoms with van der Waals surface area (Å²) in [5, 5.41) is 1.82. The topological polar surface area (TPSA) is 76.4 Å². The molecule has 0 spiro atoms. The number of carbonyl (C=O) groups excluding carboxylic acids is 1. The second kappa shape index (κ2) is 9.38. The van der Waals surface area contributed by atoms with Crippen LogP contribution in [-0.2, 0) is 0 Å². The van der Waals surface area contributed by atoms with Crippen LogP contribution in [0.2, 0.25) is 0 Å². The molecule has 35 heavy (non-hydrogen) atoms. The molecule has 2 aromatic carbocycles. The predicted octanol–water partition coefficient (Wildman–Crippen LogP) is 3.54. The first-order valence-corrected chi connectivity index (χ1v) is 11.9. The van der Waals surface area contributed by atoms with Crippen molar-refractivity contribution in [2.75, 3.05) is 45.3 Å². The number of rotatable bonds is 5. The molecule has 0 bridgehead atoms. The number of methoxy groups -OCH3 is 2. The van der Waals surface area contributed by atoms with Gasteiger partial charge in [-0.25, -0.2) is 9.37 Å². The lowest BCUT2D eigenvalue weighted by Crippen LogP contribution is -2.49. The van der Waals surface area contributed by atoms with E-state index in [2.05, 4.69) is 9.88 Å². The van der Waals surface area contributed by atoms with Gasteiger partial charge < -0.3 is 19.3 Å². The molecule has 3 heterocycles. The zero-order valence-electron chi connectivity index (χ0n) is 19.2. The number of carbonyl (C=O) groups is 1.